The molecule has 1 aliphatic rings. The number of anilines is 2. The van der Waals surface area contributed by atoms with Crippen molar-refractivity contribution >= 4 is 66.3 Å². The van der Waals surface area contributed by atoms with Crippen LogP contribution in [0.3, 0.4) is 0 Å². The van der Waals surface area contributed by atoms with Crippen molar-refractivity contribution in [1.29, 1.82) is 0 Å². The van der Waals surface area contributed by atoms with Crippen molar-refractivity contribution in [2.24, 2.45) is 0 Å². The zero-order valence-electron chi connectivity index (χ0n) is 34.1. The summed E-state index contributed by atoms with van der Waals surface area (Å²) in [5, 5.41) is 11.8. The molecule has 1 amide bonds. The van der Waals surface area contributed by atoms with E-state index in [9.17, 15) is 13.6 Å². The van der Waals surface area contributed by atoms with Crippen LogP contribution >= 0.6 is 0 Å². The van der Waals surface area contributed by atoms with Crippen LogP contribution in [0.25, 0.3) is 0 Å². The van der Waals surface area contributed by atoms with Gasteiger partial charge in [0.15, 0.2) is 46.1 Å². The van der Waals surface area contributed by atoms with Gasteiger partial charge in [0.2, 0.25) is 0 Å². The zero-order valence-corrected chi connectivity index (χ0v) is 38.5. The summed E-state index contributed by atoms with van der Waals surface area (Å²) >= 11 is 0. The minimum absolute atomic E-state index is 0. The molecule has 0 bridgehead atoms. The van der Waals surface area contributed by atoms with Gasteiger partial charge >= 0.3 is 55.0 Å². The van der Waals surface area contributed by atoms with E-state index in [0.29, 0.717) is 67.3 Å². The molecule has 316 valence electrons. The Morgan fingerprint density at radius 2 is 1.11 bits per heavy atom. The molecule has 1 aliphatic heterocycles. The van der Waals surface area contributed by atoms with E-state index < -0.39 is 17.7 Å². The van der Waals surface area contributed by atoms with E-state index in [2.05, 4.69) is 19.2 Å². The second kappa shape index (κ2) is 25.6. The quantitative estimate of drug-likeness (QED) is 0.0895. The molecular weight excluding hydrogens is 912 g/mol. The number of rotatable bonds is 16. The van der Waals surface area contributed by atoms with Gasteiger partial charge in [0.25, 0.3) is 0 Å². The maximum absolute atomic E-state index is 14.7. The number of amides is 1. The van der Waals surface area contributed by atoms with Gasteiger partial charge in [-0.2, -0.15) is 0 Å². The van der Waals surface area contributed by atoms with Gasteiger partial charge in [-0.25, -0.2) is 13.6 Å². The first-order valence-corrected chi connectivity index (χ1v) is 19.2. The minimum Gasteiger partial charge on any atom is -0.870 e. The van der Waals surface area contributed by atoms with Crippen LogP contribution in [0.5, 0.6) is 34.5 Å². The van der Waals surface area contributed by atoms with Crippen LogP contribution in [0.2, 0.25) is 0 Å². The van der Waals surface area contributed by atoms with Crippen molar-refractivity contribution in [2.75, 3.05) is 36.5 Å². The molecule has 4 N–H and O–H groups in total. The molecule has 1 saturated heterocycles. The summed E-state index contributed by atoms with van der Waals surface area (Å²) < 4.78 is 57.6. The van der Waals surface area contributed by atoms with E-state index in [1.54, 1.807) is 30.3 Å². The van der Waals surface area contributed by atoms with Crippen molar-refractivity contribution in [3.05, 3.63) is 167 Å². The van der Waals surface area contributed by atoms with Gasteiger partial charge in [0.1, 0.15) is 19.8 Å². The number of halogens is 2. The third-order valence-corrected chi connectivity index (χ3v) is 9.11. The number of carbonyl (C=O) groups is 1. The number of carbonyl (C=O) groups excluding carboxylic acids is 1. The van der Waals surface area contributed by atoms with Crippen LogP contribution in [0.1, 0.15) is 36.1 Å². The molecule has 0 unspecified atom stereocenters. The van der Waals surface area contributed by atoms with Gasteiger partial charge < -0.3 is 45.1 Å². The molecule has 0 saturated carbocycles. The Morgan fingerprint density at radius 1 is 0.623 bits per heavy atom. The molecule has 0 aliphatic carbocycles. The summed E-state index contributed by atoms with van der Waals surface area (Å²) in [5.74, 6) is 1.12. The van der Waals surface area contributed by atoms with Crippen LogP contribution in [0.15, 0.2) is 133 Å². The number of aryl methyl sites for hydroxylation is 2. The van der Waals surface area contributed by atoms with Crippen LogP contribution in [-0.2, 0) is 30.8 Å². The smallest absolute Gasteiger partial charge is 0.870 e. The SMILES string of the molecule is CCc1ccc(Oc2ccc(N3CCOC3=O)cc2F)c(OCc2ccccc2)c1.CCc1ccc(Oc2ccc(NCCO)cc2F)c(OCc2ccccc2)c1.[Ba+2].[OH-].[OH-]. The van der Waals surface area contributed by atoms with Crippen molar-refractivity contribution in [3.63, 3.8) is 0 Å². The number of nitrogens with one attached hydrogen (secondary N) is 1. The molecule has 0 aromatic heterocycles. The first-order chi connectivity index (χ1) is 28.3. The second-order valence-corrected chi connectivity index (χ2v) is 13.2. The van der Waals surface area contributed by atoms with Crippen molar-refractivity contribution < 1.29 is 53.3 Å². The Morgan fingerprint density at radius 3 is 1.56 bits per heavy atom. The molecule has 0 atom stereocenters. The number of benzene rings is 6. The summed E-state index contributed by atoms with van der Waals surface area (Å²) in [7, 11) is 0. The first-order valence-electron chi connectivity index (χ1n) is 19.2. The number of cyclic esters (lactones) is 1. The van der Waals surface area contributed by atoms with E-state index in [1.807, 2.05) is 84.9 Å². The van der Waals surface area contributed by atoms with Crippen LogP contribution < -0.4 is 29.2 Å². The van der Waals surface area contributed by atoms with Crippen molar-refractivity contribution in [1.82, 2.24) is 0 Å². The largest absolute Gasteiger partial charge is 2.00 e. The minimum atomic E-state index is -0.569. The maximum atomic E-state index is 14.7. The predicted octanol–water partition coefficient (Wildman–Crippen LogP) is 10.1. The molecular formula is C47H48BaF2N2O9. The van der Waals surface area contributed by atoms with E-state index in [4.69, 9.17) is 28.8 Å². The summed E-state index contributed by atoms with van der Waals surface area (Å²) in [6, 6.07) is 40.0. The molecule has 1 heterocycles. The van der Waals surface area contributed by atoms with Gasteiger partial charge in [-0.15, -0.1) is 0 Å². The number of aliphatic hydroxyl groups is 1. The molecule has 61 heavy (non-hydrogen) atoms. The average Bonchev–Trinajstić information content (AvgIpc) is 3.70. The van der Waals surface area contributed by atoms with Crippen molar-refractivity contribution in [2.45, 2.75) is 39.9 Å². The number of hydrogen-bond donors (Lipinski definition) is 2. The fraction of sp³-hybridized carbons (Fsp3) is 0.213. The topological polar surface area (TPSA) is 159 Å². The van der Waals surface area contributed by atoms with E-state index >= 15 is 0 Å². The number of hydrogen-bond acceptors (Lipinski definition) is 10. The Hall–Kier alpha value is -5.10. The Labute approximate surface area is 394 Å². The second-order valence-electron chi connectivity index (χ2n) is 13.2. The monoisotopic (exact) mass is 960 g/mol. The summed E-state index contributed by atoms with van der Waals surface area (Å²) in [6.45, 7) is 5.92. The molecule has 14 heteroatoms. The third-order valence-electron chi connectivity index (χ3n) is 9.11. The summed E-state index contributed by atoms with van der Waals surface area (Å²) in [4.78, 5) is 13.1. The predicted molar refractivity (Wildman–Crippen MR) is 230 cm³/mol. The average molecular weight is 960 g/mol. The van der Waals surface area contributed by atoms with Crippen LogP contribution in [0.4, 0.5) is 25.0 Å². The molecule has 0 spiro atoms. The summed E-state index contributed by atoms with van der Waals surface area (Å²) in [6.07, 6.45) is 1.23. The van der Waals surface area contributed by atoms with Gasteiger partial charge in [-0.05, 0) is 83.6 Å². The number of nitrogens with zero attached hydrogens (tertiary/aromatic N) is 1. The number of aliphatic hydroxyl groups excluding tert-OH is 1. The Balaban J connectivity index is 0.000000311. The van der Waals surface area contributed by atoms with Crippen molar-refractivity contribution in [3.8, 4) is 34.5 Å². The molecule has 1 fully saturated rings. The Bertz CT molecular complexity index is 2270. The molecule has 7 rings (SSSR count). The first kappa shape index (κ1) is 50.3. The zero-order chi connectivity index (χ0) is 40.7. The normalized spacial score (nSPS) is 11.4. The molecule has 11 nitrogen and oxygen atoms in total. The summed E-state index contributed by atoms with van der Waals surface area (Å²) in [5.41, 5.74) is 5.29. The van der Waals surface area contributed by atoms with E-state index in [-0.39, 0.29) is 77.9 Å². The third kappa shape index (κ3) is 14.5. The number of ether oxygens (including phenoxy) is 5. The maximum Gasteiger partial charge on any atom is 2.00 e. The standard InChI is InChI=1S/C24H22FNO4.C23H24FNO3.Ba.2H2O/c1-2-17-8-10-22(23(14-17)29-16-18-6-4-3-5-7-18)30-21-11-9-19(15-20(21)25)26-12-13-28-24(26)27;1-2-17-8-10-22(23(14-17)27-16-18-6-4-3-5-7-18)28-21-11-9-19(15-20(21)24)25-12-13-26;;;/h3-11,14-15H,2,12-13,16H2,1H3;3-11,14-15,25-26H,2,12-13,16H2,1H3;;2*1H2/q;;+2;;/p-2. The molecule has 0 radical (unpaired) electrons. The molecule has 6 aromatic rings. The Kier molecular flexibility index (Phi) is 21.1. The van der Waals surface area contributed by atoms with Gasteiger partial charge in [-0.1, -0.05) is 86.6 Å². The van der Waals surface area contributed by atoms with E-state index in [1.165, 1.54) is 23.1 Å². The van der Waals surface area contributed by atoms with Gasteiger partial charge in [0.05, 0.1) is 18.8 Å². The van der Waals surface area contributed by atoms with E-state index in [0.717, 1.165) is 35.1 Å². The fourth-order valence-electron chi connectivity index (χ4n) is 5.91. The van der Waals surface area contributed by atoms with Gasteiger partial charge in [0, 0.05) is 24.4 Å². The molecule has 6 aromatic carbocycles. The van der Waals surface area contributed by atoms with Crippen LogP contribution in [0, 0.1) is 11.6 Å². The van der Waals surface area contributed by atoms with Crippen LogP contribution in [-0.4, -0.2) is 97.3 Å². The fourth-order valence-corrected chi connectivity index (χ4v) is 5.91. The van der Waals surface area contributed by atoms with Gasteiger partial charge in [-0.3, -0.25) is 4.90 Å².